The van der Waals surface area contributed by atoms with Crippen molar-refractivity contribution in [3.05, 3.63) is 59.2 Å². The lowest BCUT2D eigenvalue weighted by molar-refractivity contribution is 0.0697. The fraction of sp³-hybridized carbons (Fsp3) is 0. The highest BCUT2D eigenvalue weighted by Gasteiger charge is 2.10. The Hall–Kier alpha value is -2.82. The van der Waals surface area contributed by atoms with E-state index in [0.29, 0.717) is 22.5 Å². The molecule has 0 aromatic heterocycles. The van der Waals surface area contributed by atoms with Gasteiger partial charge >= 0.3 is 5.97 Å². The molecule has 6 N–H and O–H groups in total. The van der Waals surface area contributed by atoms with Crippen LogP contribution in [0.4, 0.5) is 11.4 Å². The van der Waals surface area contributed by atoms with Crippen molar-refractivity contribution >= 4 is 23.1 Å². The van der Waals surface area contributed by atoms with Crippen molar-refractivity contribution in [3.8, 4) is 0 Å². The third-order valence-corrected chi connectivity index (χ3v) is 2.77. The summed E-state index contributed by atoms with van der Waals surface area (Å²) in [5, 5.41) is 16.9. The second kappa shape index (κ2) is 4.81. The second-order valence-corrected chi connectivity index (χ2v) is 4.10. The molecule has 5 heteroatoms. The molecule has 0 saturated heterocycles. The van der Waals surface area contributed by atoms with Gasteiger partial charge in [0.05, 0.1) is 11.3 Å². The SMILES string of the molecule is N=C(c1ccc(C(=O)O)cc1)c1cc(N)ccc1N. The van der Waals surface area contributed by atoms with E-state index in [4.69, 9.17) is 22.0 Å². The molecular formula is C14H13N3O2. The highest BCUT2D eigenvalue weighted by atomic mass is 16.4. The summed E-state index contributed by atoms with van der Waals surface area (Å²) in [6.45, 7) is 0. The quantitative estimate of drug-likeness (QED) is 0.496. The number of hydrogen-bond donors (Lipinski definition) is 4. The maximum absolute atomic E-state index is 10.8. The van der Waals surface area contributed by atoms with Gasteiger partial charge in [-0.3, -0.25) is 5.41 Å². The fourth-order valence-electron chi connectivity index (χ4n) is 1.73. The molecule has 2 aromatic carbocycles. The fourth-order valence-corrected chi connectivity index (χ4v) is 1.73. The summed E-state index contributed by atoms with van der Waals surface area (Å²) < 4.78 is 0. The molecule has 0 saturated carbocycles. The van der Waals surface area contributed by atoms with E-state index in [0.717, 1.165) is 0 Å². The molecule has 2 rings (SSSR count). The van der Waals surface area contributed by atoms with Gasteiger partial charge < -0.3 is 16.6 Å². The first kappa shape index (κ1) is 12.6. The number of nitrogens with two attached hydrogens (primary N) is 2. The molecule has 0 aliphatic carbocycles. The average molecular weight is 255 g/mol. The maximum Gasteiger partial charge on any atom is 0.335 e. The summed E-state index contributed by atoms with van der Waals surface area (Å²) in [5.74, 6) is -0.999. The molecule has 0 atom stereocenters. The molecule has 0 heterocycles. The van der Waals surface area contributed by atoms with Crippen LogP contribution >= 0.6 is 0 Å². The van der Waals surface area contributed by atoms with Crippen LogP contribution in [-0.2, 0) is 0 Å². The minimum atomic E-state index is -0.999. The zero-order valence-electron chi connectivity index (χ0n) is 10.1. The Morgan fingerprint density at radius 1 is 1.00 bits per heavy atom. The molecule has 0 aliphatic rings. The molecule has 0 amide bonds. The summed E-state index contributed by atoms with van der Waals surface area (Å²) in [5.41, 5.74) is 14.0. The van der Waals surface area contributed by atoms with Crippen LogP contribution in [0.15, 0.2) is 42.5 Å². The average Bonchev–Trinajstić information content (AvgIpc) is 2.41. The van der Waals surface area contributed by atoms with Gasteiger partial charge in [0, 0.05) is 22.5 Å². The topological polar surface area (TPSA) is 113 Å². The Kier molecular flexibility index (Phi) is 3.20. The maximum atomic E-state index is 10.8. The molecule has 96 valence electrons. The molecule has 0 unspecified atom stereocenters. The molecule has 0 fully saturated rings. The molecule has 2 aromatic rings. The first-order valence-corrected chi connectivity index (χ1v) is 5.56. The number of anilines is 2. The van der Waals surface area contributed by atoms with Crippen molar-refractivity contribution in [1.82, 2.24) is 0 Å². The molecule has 0 aliphatic heterocycles. The van der Waals surface area contributed by atoms with Crippen LogP contribution in [0.25, 0.3) is 0 Å². The van der Waals surface area contributed by atoms with E-state index in [9.17, 15) is 4.79 Å². The van der Waals surface area contributed by atoms with Crippen LogP contribution in [0.2, 0.25) is 0 Å². The zero-order valence-corrected chi connectivity index (χ0v) is 10.1. The molecule has 0 radical (unpaired) electrons. The van der Waals surface area contributed by atoms with Gasteiger partial charge in [-0.05, 0) is 30.3 Å². The standard InChI is InChI=1S/C14H13N3O2/c15-10-5-6-12(16)11(7-10)13(17)8-1-3-9(4-2-8)14(18)19/h1-7,17H,15-16H2,(H,18,19). The van der Waals surface area contributed by atoms with Crippen LogP contribution in [0.5, 0.6) is 0 Å². The van der Waals surface area contributed by atoms with E-state index in [-0.39, 0.29) is 11.3 Å². The third-order valence-electron chi connectivity index (χ3n) is 2.77. The van der Waals surface area contributed by atoms with Crippen LogP contribution in [0.1, 0.15) is 21.5 Å². The lowest BCUT2D eigenvalue weighted by Crippen LogP contribution is -2.07. The van der Waals surface area contributed by atoms with Gasteiger partial charge in [-0.15, -0.1) is 0 Å². The number of nitrogens with one attached hydrogen (secondary N) is 1. The van der Waals surface area contributed by atoms with Crippen LogP contribution < -0.4 is 11.5 Å². The van der Waals surface area contributed by atoms with Crippen molar-refractivity contribution in [1.29, 1.82) is 5.41 Å². The predicted octanol–water partition coefficient (Wildman–Crippen LogP) is 1.97. The highest BCUT2D eigenvalue weighted by Crippen LogP contribution is 2.19. The Bertz CT molecular complexity index is 648. The van der Waals surface area contributed by atoms with E-state index < -0.39 is 5.97 Å². The van der Waals surface area contributed by atoms with Crippen LogP contribution in [-0.4, -0.2) is 16.8 Å². The molecule has 5 nitrogen and oxygen atoms in total. The number of carboxylic acids is 1. The first-order valence-electron chi connectivity index (χ1n) is 5.56. The van der Waals surface area contributed by atoms with E-state index >= 15 is 0 Å². The smallest absolute Gasteiger partial charge is 0.335 e. The first-order chi connectivity index (χ1) is 8.99. The van der Waals surface area contributed by atoms with Crippen molar-refractivity contribution in [2.75, 3.05) is 11.5 Å². The number of hydrogen-bond acceptors (Lipinski definition) is 4. The van der Waals surface area contributed by atoms with Crippen LogP contribution in [0, 0.1) is 5.41 Å². The van der Waals surface area contributed by atoms with Crippen molar-refractivity contribution in [2.24, 2.45) is 0 Å². The van der Waals surface area contributed by atoms with Crippen LogP contribution in [0.3, 0.4) is 0 Å². The number of benzene rings is 2. The molecule has 19 heavy (non-hydrogen) atoms. The summed E-state index contributed by atoms with van der Waals surface area (Å²) in [4.78, 5) is 10.8. The monoisotopic (exact) mass is 255 g/mol. The van der Waals surface area contributed by atoms with E-state index in [1.165, 1.54) is 12.1 Å². The Labute approximate surface area is 110 Å². The van der Waals surface area contributed by atoms with E-state index in [1.807, 2.05) is 0 Å². The van der Waals surface area contributed by atoms with Gasteiger partial charge in [0.15, 0.2) is 0 Å². The van der Waals surface area contributed by atoms with Crippen molar-refractivity contribution in [2.45, 2.75) is 0 Å². The molecule has 0 spiro atoms. The van der Waals surface area contributed by atoms with E-state index in [1.54, 1.807) is 30.3 Å². The summed E-state index contributed by atoms with van der Waals surface area (Å²) in [6, 6.07) is 11.0. The number of rotatable bonds is 3. The van der Waals surface area contributed by atoms with Crippen molar-refractivity contribution in [3.63, 3.8) is 0 Å². The van der Waals surface area contributed by atoms with Gasteiger partial charge in [-0.25, -0.2) is 4.79 Å². The van der Waals surface area contributed by atoms with Gasteiger partial charge in [-0.2, -0.15) is 0 Å². The normalized spacial score (nSPS) is 10.1. The number of aromatic carboxylic acids is 1. The van der Waals surface area contributed by atoms with Gasteiger partial charge in [0.25, 0.3) is 0 Å². The number of nitrogen functional groups attached to an aromatic ring is 2. The third kappa shape index (κ3) is 2.55. The predicted molar refractivity (Wildman–Crippen MR) is 74.6 cm³/mol. The lowest BCUT2D eigenvalue weighted by Gasteiger charge is -2.09. The minimum Gasteiger partial charge on any atom is -0.478 e. The largest absolute Gasteiger partial charge is 0.478 e. The number of carboxylic acid groups (broad SMARTS) is 1. The minimum absolute atomic E-state index is 0.178. The zero-order chi connectivity index (χ0) is 14.0. The Morgan fingerprint density at radius 2 is 1.58 bits per heavy atom. The molecular weight excluding hydrogens is 242 g/mol. The lowest BCUT2D eigenvalue weighted by atomic mass is 9.99. The second-order valence-electron chi connectivity index (χ2n) is 4.10. The van der Waals surface area contributed by atoms with Gasteiger partial charge in [0.2, 0.25) is 0 Å². The summed E-state index contributed by atoms with van der Waals surface area (Å²) in [7, 11) is 0. The molecule has 0 bridgehead atoms. The summed E-state index contributed by atoms with van der Waals surface area (Å²) in [6.07, 6.45) is 0. The van der Waals surface area contributed by atoms with E-state index in [2.05, 4.69) is 0 Å². The Morgan fingerprint density at radius 3 is 2.16 bits per heavy atom. The number of carbonyl (C=O) groups is 1. The van der Waals surface area contributed by atoms with Crippen molar-refractivity contribution < 1.29 is 9.90 Å². The summed E-state index contributed by atoms with van der Waals surface area (Å²) >= 11 is 0. The van der Waals surface area contributed by atoms with Gasteiger partial charge in [0.1, 0.15) is 0 Å². The van der Waals surface area contributed by atoms with Gasteiger partial charge in [-0.1, -0.05) is 12.1 Å². The highest BCUT2D eigenvalue weighted by molar-refractivity contribution is 6.14. The Balaban J connectivity index is 2.38.